The number of carboxylic acid groups (broad SMARTS) is 2. The number of ether oxygens (including phenoxy) is 2. The maximum Gasteiger partial charge on any atom is 0.323 e. The highest BCUT2D eigenvalue weighted by atomic mass is 16.7. The van der Waals surface area contributed by atoms with E-state index in [1.54, 1.807) is 0 Å². The van der Waals surface area contributed by atoms with Crippen molar-refractivity contribution < 1.29 is 59.0 Å². The molecule has 1 fully saturated rings. The van der Waals surface area contributed by atoms with Crippen LogP contribution in [0.15, 0.2) is 0 Å². The normalized spacial score (nSPS) is 24.9. The number of aliphatic carboxylic acids is 2. The van der Waals surface area contributed by atoms with Crippen LogP contribution in [0.1, 0.15) is 13.3 Å². The summed E-state index contributed by atoms with van der Waals surface area (Å²) in [5.41, 5.74) is 0. The Bertz CT molecular complexity index is 686. The van der Waals surface area contributed by atoms with Gasteiger partial charge in [0.2, 0.25) is 17.7 Å². The summed E-state index contributed by atoms with van der Waals surface area (Å²) in [6.07, 6.45) is -6.60. The minimum absolute atomic E-state index is 0.234. The van der Waals surface area contributed by atoms with Gasteiger partial charge in [-0.1, -0.05) is 0 Å². The highest BCUT2D eigenvalue weighted by Gasteiger charge is 2.42. The van der Waals surface area contributed by atoms with E-state index in [1.807, 2.05) is 0 Å². The SMILES string of the molecule is CC1OC(OCCC(=O)NCC(=O)NCC(=O)N(CC(=O)O)CC(=O)O)C(O)C(O)C1O. The molecule has 0 saturated carbocycles. The number of aliphatic hydroxyl groups excluding tert-OH is 3. The Hall–Kier alpha value is -2.85. The van der Waals surface area contributed by atoms with Gasteiger partial charge in [0.25, 0.3) is 0 Å². The zero-order chi connectivity index (χ0) is 24.4. The molecule has 0 spiro atoms. The molecule has 1 saturated heterocycles. The molecule has 7 N–H and O–H groups in total. The van der Waals surface area contributed by atoms with Crippen molar-refractivity contribution in [2.75, 3.05) is 32.8 Å². The lowest BCUT2D eigenvalue weighted by Gasteiger charge is -2.38. The van der Waals surface area contributed by atoms with Crippen LogP contribution in [0.3, 0.4) is 0 Å². The Kier molecular flexibility index (Phi) is 10.9. The van der Waals surface area contributed by atoms with Gasteiger partial charge in [0.15, 0.2) is 6.29 Å². The molecule has 15 nitrogen and oxygen atoms in total. The molecule has 5 atom stereocenters. The summed E-state index contributed by atoms with van der Waals surface area (Å²) in [4.78, 5) is 57.2. The maximum absolute atomic E-state index is 11.9. The molecule has 1 heterocycles. The molecule has 32 heavy (non-hydrogen) atoms. The molecular formula is C17H27N3O12. The highest BCUT2D eigenvalue weighted by Crippen LogP contribution is 2.21. The lowest BCUT2D eigenvalue weighted by molar-refractivity contribution is -0.292. The molecule has 0 aromatic heterocycles. The summed E-state index contributed by atoms with van der Waals surface area (Å²) in [5, 5.41) is 50.8. The van der Waals surface area contributed by atoms with Gasteiger partial charge in [-0.2, -0.15) is 0 Å². The van der Waals surface area contributed by atoms with Crippen LogP contribution < -0.4 is 10.6 Å². The summed E-state index contributed by atoms with van der Waals surface area (Å²) in [7, 11) is 0. The average molecular weight is 465 g/mol. The highest BCUT2D eigenvalue weighted by molar-refractivity contribution is 5.90. The van der Waals surface area contributed by atoms with Gasteiger partial charge in [0.1, 0.15) is 31.4 Å². The van der Waals surface area contributed by atoms with Crippen LogP contribution >= 0.6 is 0 Å². The summed E-state index contributed by atoms with van der Waals surface area (Å²) in [5.74, 6) is -5.19. The fourth-order valence-electron chi connectivity index (χ4n) is 2.59. The van der Waals surface area contributed by atoms with Crippen molar-refractivity contribution in [2.24, 2.45) is 0 Å². The third-order valence-electron chi connectivity index (χ3n) is 4.31. The summed E-state index contributed by atoms with van der Waals surface area (Å²) >= 11 is 0. The van der Waals surface area contributed by atoms with E-state index in [9.17, 15) is 39.3 Å². The van der Waals surface area contributed by atoms with Crippen molar-refractivity contribution in [3.63, 3.8) is 0 Å². The number of aliphatic hydroxyl groups is 3. The van der Waals surface area contributed by atoms with Gasteiger partial charge in [0, 0.05) is 0 Å². The topological polar surface area (TPSA) is 232 Å². The molecular weight excluding hydrogens is 438 g/mol. The van der Waals surface area contributed by atoms with Gasteiger partial charge in [-0.15, -0.1) is 0 Å². The van der Waals surface area contributed by atoms with Gasteiger partial charge >= 0.3 is 11.9 Å². The number of carbonyl (C=O) groups excluding carboxylic acids is 3. The van der Waals surface area contributed by atoms with Gasteiger partial charge in [-0.25, -0.2) is 0 Å². The van der Waals surface area contributed by atoms with E-state index in [-0.39, 0.29) is 13.0 Å². The average Bonchev–Trinajstić information content (AvgIpc) is 2.71. The second-order valence-electron chi connectivity index (χ2n) is 6.89. The molecule has 1 aliphatic heterocycles. The lowest BCUT2D eigenvalue weighted by Crippen LogP contribution is -2.57. The van der Waals surface area contributed by atoms with Crippen LogP contribution in [0.4, 0.5) is 0 Å². The quantitative estimate of drug-likeness (QED) is 0.144. The van der Waals surface area contributed by atoms with Crippen LogP contribution in [0.25, 0.3) is 0 Å². The number of amides is 3. The number of hydrogen-bond acceptors (Lipinski definition) is 10. The maximum atomic E-state index is 11.9. The Morgan fingerprint density at radius 3 is 2.00 bits per heavy atom. The van der Waals surface area contributed by atoms with Gasteiger partial charge < -0.3 is 50.5 Å². The number of nitrogens with zero attached hydrogens (tertiary/aromatic N) is 1. The third kappa shape index (κ3) is 9.11. The third-order valence-corrected chi connectivity index (χ3v) is 4.31. The van der Waals surface area contributed by atoms with Crippen molar-refractivity contribution in [1.29, 1.82) is 0 Å². The van der Waals surface area contributed by atoms with E-state index in [0.29, 0.717) is 4.90 Å². The van der Waals surface area contributed by atoms with Crippen LogP contribution in [-0.2, 0) is 33.4 Å². The van der Waals surface area contributed by atoms with E-state index in [0.717, 1.165) is 0 Å². The van der Waals surface area contributed by atoms with Crippen molar-refractivity contribution in [2.45, 2.75) is 44.1 Å². The monoisotopic (exact) mass is 465 g/mol. The first kappa shape index (κ1) is 27.2. The summed E-state index contributed by atoms with van der Waals surface area (Å²) < 4.78 is 10.4. The molecule has 3 amide bonds. The Morgan fingerprint density at radius 2 is 1.44 bits per heavy atom. The first-order chi connectivity index (χ1) is 14.9. The first-order valence-electron chi connectivity index (χ1n) is 9.48. The molecule has 15 heteroatoms. The van der Waals surface area contributed by atoms with E-state index in [4.69, 9.17) is 19.7 Å². The van der Waals surface area contributed by atoms with Gasteiger partial charge in [-0.05, 0) is 6.92 Å². The fourth-order valence-corrected chi connectivity index (χ4v) is 2.59. The molecule has 0 radical (unpaired) electrons. The summed E-state index contributed by atoms with van der Waals surface area (Å²) in [6, 6.07) is 0. The molecule has 1 rings (SSSR count). The van der Waals surface area contributed by atoms with Crippen LogP contribution in [0.2, 0.25) is 0 Å². The molecule has 0 bridgehead atoms. The van der Waals surface area contributed by atoms with E-state index >= 15 is 0 Å². The van der Waals surface area contributed by atoms with Crippen LogP contribution in [-0.4, -0.2) is 124 Å². The largest absolute Gasteiger partial charge is 0.480 e. The summed E-state index contributed by atoms with van der Waals surface area (Å²) in [6.45, 7) is -1.66. The van der Waals surface area contributed by atoms with Crippen molar-refractivity contribution in [3.8, 4) is 0 Å². The standard InChI is InChI=1S/C17H27N3O12/c1-8-14(28)15(29)16(30)17(32-8)31-3-2-9(21)18-4-10(22)19-5-11(23)20(6-12(24)25)7-13(26)27/h8,14-17,28-30H,2-7H2,1H3,(H,18,21)(H,19,22)(H,24,25)(H,26,27). The number of carbonyl (C=O) groups is 5. The molecule has 0 aliphatic carbocycles. The number of rotatable bonds is 12. The second kappa shape index (κ2) is 12.9. The predicted molar refractivity (Wildman–Crippen MR) is 101 cm³/mol. The van der Waals surface area contributed by atoms with E-state index < -0.39 is 86.5 Å². The Morgan fingerprint density at radius 1 is 0.875 bits per heavy atom. The van der Waals surface area contributed by atoms with Crippen LogP contribution in [0, 0.1) is 0 Å². The fraction of sp³-hybridized carbons (Fsp3) is 0.706. The number of hydrogen-bond donors (Lipinski definition) is 7. The number of nitrogens with one attached hydrogen (secondary N) is 2. The van der Waals surface area contributed by atoms with Gasteiger partial charge in [-0.3, -0.25) is 24.0 Å². The van der Waals surface area contributed by atoms with Gasteiger partial charge in [0.05, 0.1) is 32.2 Å². The van der Waals surface area contributed by atoms with Crippen molar-refractivity contribution in [1.82, 2.24) is 15.5 Å². The van der Waals surface area contributed by atoms with Crippen molar-refractivity contribution in [3.05, 3.63) is 0 Å². The zero-order valence-electron chi connectivity index (χ0n) is 17.2. The smallest absolute Gasteiger partial charge is 0.323 e. The lowest BCUT2D eigenvalue weighted by atomic mass is 10.0. The Balaban J connectivity index is 2.31. The molecule has 0 aromatic rings. The molecule has 182 valence electrons. The zero-order valence-corrected chi connectivity index (χ0v) is 17.2. The minimum atomic E-state index is -1.52. The van der Waals surface area contributed by atoms with E-state index in [2.05, 4.69) is 10.6 Å². The first-order valence-corrected chi connectivity index (χ1v) is 9.48. The van der Waals surface area contributed by atoms with Crippen molar-refractivity contribution >= 4 is 29.7 Å². The minimum Gasteiger partial charge on any atom is -0.480 e. The Labute approximate surface area is 181 Å². The molecule has 0 aromatic carbocycles. The number of carboxylic acids is 2. The van der Waals surface area contributed by atoms with Crippen LogP contribution in [0.5, 0.6) is 0 Å². The molecule has 5 unspecified atom stereocenters. The predicted octanol–water partition coefficient (Wildman–Crippen LogP) is -4.55. The molecule has 1 aliphatic rings. The second-order valence-corrected chi connectivity index (χ2v) is 6.89. The van der Waals surface area contributed by atoms with E-state index in [1.165, 1.54) is 6.92 Å².